The van der Waals surface area contributed by atoms with Crippen LogP contribution in [0.3, 0.4) is 0 Å². The van der Waals surface area contributed by atoms with Gasteiger partial charge in [0, 0.05) is 5.56 Å². The van der Waals surface area contributed by atoms with E-state index >= 15 is 0 Å². The van der Waals surface area contributed by atoms with Gasteiger partial charge in [-0.25, -0.2) is 13.6 Å². The summed E-state index contributed by atoms with van der Waals surface area (Å²) in [7, 11) is 0. The van der Waals surface area contributed by atoms with Gasteiger partial charge in [0.2, 0.25) is 6.17 Å². The molecule has 1 aromatic rings. The summed E-state index contributed by atoms with van der Waals surface area (Å²) >= 11 is 0. The largest absolute Gasteiger partial charge is 0.505 e. The maximum atomic E-state index is 13.7. The minimum atomic E-state index is -2.16. The standard InChI is InChI=1S/C12H15F2NO3/c1-3-18-12(17)9(14)10(15)8-6(2)4-5-7(13)11(8)16/h4-5,9-10,16H,3,15H2,1-2H3/t9?,10-/m0/s1. The summed E-state index contributed by atoms with van der Waals surface area (Å²) in [6.45, 7) is 3.08. The molecule has 0 saturated heterocycles. The molecule has 6 heteroatoms. The summed E-state index contributed by atoms with van der Waals surface area (Å²) in [5, 5.41) is 9.54. The van der Waals surface area contributed by atoms with Crippen LogP contribution in [-0.2, 0) is 9.53 Å². The molecule has 2 atom stereocenters. The summed E-state index contributed by atoms with van der Waals surface area (Å²) < 4.78 is 31.4. The lowest BCUT2D eigenvalue weighted by molar-refractivity contribution is -0.149. The van der Waals surface area contributed by atoms with Gasteiger partial charge >= 0.3 is 5.97 Å². The van der Waals surface area contributed by atoms with E-state index in [1.807, 2.05) is 0 Å². The van der Waals surface area contributed by atoms with Crippen molar-refractivity contribution in [3.05, 3.63) is 29.1 Å². The zero-order chi connectivity index (χ0) is 13.9. The number of rotatable bonds is 4. The minimum absolute atomic E-state index is 0.0140. The third-order valence-electron chi connectivity index (χ3n) is 2.55. The maximum absolute atomic E-state index is 13.7. The molecule has 0 spiro atoms. The van der Waals surface area contributed by atoms with Crippen molar-refractivity contribution < 1.29 is 23.4 Å². The fourth-order valence-electron chi connectivity index (χ4n) is 1.62. The van der Waals surface area contributed by atoms with Crippen LogP contribution in [0.4, 0.5) is 8.78 Å². The van der Waals surface area contributed by atoms with E-state index in [0.717, 1.165) is 6.07 Å². The van der Waals surface area contributed by atoms with Gasteiger partial charge in [-0.3, -0.25) is 0 Å². The average molecular weight is 259 g/mol. The lowest BCUT2D eigenvalue weighted by atomic mass is 9.97. The summed E-state index contributed by atoms with van der Waals surface area (Å²) in [4.78, 5) is 11.2. The molecule has 3 N–H and O–H groups in total. The molecule has 0 aliphatic heterocycles. The molecule has 1 aromatic carbocycles. The van der Waals surface area contributed by atoms with Gasteiger partial charge in [0.25, 0.3) is 0 Å². The van der Waals surface area contributed by atoms with Gasteiger partial charge in [-0.1, -0.05) is 6.07 Å². The zero-order valence-electron chi connectivity index (χ0n) is 10.1. The Balaban J connectivity index is 3.07. The molecule has 0 heterocycles. The number of esters is 1. The lowest BCUT2D eigenvalue weighted by Crippen LogP contribution is -2.32. The average Bonchev–Trinajstić information content (AvgIpc) is 2.33. The number of hydrogen-bond acceptors (Lipinski definition) is 4. The van der Waals surface area contributed by atoms with Gasteiger partial charge < -0.3 is 15.6 Å². The molecule has 0 aliphatic carbocycles. The van der Waals surface area contributed by atoms with Crippen LogP contribution in [0.15, 0.2) is 12.1 Å². The van der Waals surface area contributed by atoms with E-state index < -0.39 is 29.7 Å². The highest BCUT2D eigenvalue weighted by atomic mass is 19.1. The summed E-state index contributed by atoms with van der Waals surface area (Å²) in [6.07, 6.45) is -2.16. The van der Waals surface area contributed by atoms with E-state index in [-0.39, 0.29) is 12.2 Å². The van der Waals surface area contributed by atoms with Crippen molar-refractivity contribution in [2.75, 3.05) is 6.61 Å². The van der Waals surface area contributed by atoms with Crippen LogP contribution in [-0.4, -0.2) is 23.9 Å². The third-order valence-corrected chi connectivity index (χ3v) is 2.55. The number of phenols is 1. The number of aromatic hydroxyl groups is 1. The topological polar surface area (TPSA) is 72.5 Å². The van der Waals surface area contributed by atoms with Crippen molar-refractivity contribution in [2.45, 2.75) is 26.1 Å². The molecule has 1 unspecified atom stereocenters. The Morgan fingerprint density at radius 2 is 2.17 bits per heavy atom. The molecule has 18 heavy (non-hydrogen) atoms. The molecular formula is C12H15F2NO3. The smallest absolute Gasteiger partial charge is 0.342 e. The second-order valence-corrected chi connectivity index (χ2v) is 3.81. The number of carbonyl (C=O) groups is 1. The van der Waals surface area contributed by atoms with E-state index in [1.165, 1.54) is 19.9 Å². The van der Waals surface area contributed by atoms with Crippen molar-refractivity contribution >= 4 is 5.97 Å². The maximum Gasteiger partial charge on any atom is 0.342 e. The molecule has 0 bridgehead atoms. The highest BCUT2D eigenvalue weighted by Crippen LogP contribution is 2.31. The number of carbonyl (C=O) groups excluding carboxylic acids is 1. The summed E-state index contributed by atoms with van der Waals surface area (Å²) in [5.74, 6) is -2.79. The molecule has 4 nitrogen and oxygen atoms in total. The van der Waals surface area contributed by atoms with Crippen LogP contribution in [0, 0.1) is 12.7 Å². The Hall–Kier alpha value is -1.69. The number of hydrogen-bond donors (Lipinski definition) is 2. The third kappa shape index (κ3) is 2.76. The highest BCUT2D eigenvalue weighted by molar-refractivity contribution is 5.76. The van der Waals surface area contributed by atoms with Crippen molar-refractivity contribution in [2.24, 2.45) is 5.73 Å². The molecule has 0 saturated carbocycles. The predicted molar refractivity (Wildman–Crippen MR) is 61.3 cm³/mol. The first-order valence-corrected chi connectivity index (χ1v) is 5.44. The van der Waals surface area contributed by atoms with Crippen LogP contribution in [0.5, 0.6) is 5.75 Å². The van der Waals surface area contributed by atoms with Gasteiger partial charge in [0.15, 0.2) is 11.6 Å². The van der Waals surface area contributed by atoms with Crippen LogP contribution >= 0.6 is 0 Å². The number of ether oxygens (including phenoxy) is 1. The number of phenolic OH excluding ortho intramolecular Hbond substituents is 1. The highest BCUT2D eigenvalue weighted by Gasteiger charge is 2.31. The number of halogens is 2. The van der Waals surface area contributed by atoms with Crippen molar-refractivity contribution in [3.8, 4) is 5.75 Å². The van der Waals surface area contributed by atoms with Gasteiger partial charge in [0.05, 0.1) is 12.6 Å². The van der Waals surface area contributed by atoms with Crippen LogP contribution in [0.25, 0.3) is 0 Å². The van der Waals surface area contributed by atoms with E-state index in [2.05, 4.69) is 4.74 Å². The van der Waals surface area contributed by atoms with E-state index in [9.17, 15) is 18.7 Å². The quantitative estimate of drug-likeness (QED) is 0.808. The Morgan fingerprint density at radius 3 is 2.72 bits per heavy atom. The molecule has 0 aliphatic rings. The summed E-state index contributed by atoms with van der Waals surface area (Å²) in [6, 6.07) is 0.917. The van der Waals surface area contributed by atoms with Gasteiger partial charge in [-0.05, 0) is 25.5 Å². The number of benzene rings is 1. The Morgan fingerprint density at radius 1 is 1.56 bits per heavy atom. The Labute approximate surface area is 103 Å². The lowest BCUT2D eigenvalue weighted by Gasteiger charge is -2.19. The van der Waals surface area contributed by atoms with Crippen LogP contribution in [0.1, 0.15) is 24.1 Å². The van der Waals surface area contributed by atoms with Crippen molar-refractivity contribution in [3.63, 3.8) is 0 Å². The first-order chi connectivity index (χ1) is 8.40. The van der Waals surface area contributed by atoms with Gasteiger partial charge in [0.1, 0.15) is 0 Å². The first kappa shape index (κ1) is 14.4. The molecule has 0 aromatic heterocycles. The van der Waals surface area contributed by atoms with Gasteiger partial charge in [-0.2, -0.15) is 0 Å². The number of nitrogens with two attached hydrogens (primary N) is 1. The van der Waals surface area contributed by atoms with E-state index in [4.69, 9.17) is 5.73 Å². The molecular weight excluding hydrogens is 244 g/mol. The Bertz CT molecular complexity index is 451. The monoisotopic (exact) mass is 259 g/mol. The second-order valence-electron chi connectivity index (χ2n) is 3.81. The minimum Gasteiger partial charge on any atom is -0.505 e. The van der Waals surface area contributed by atoms with Crippen LogP contribution in [0.2, 0.25) is 0 Å². The van der Waals surface area contributed by atoms with E-state index in [0.29, 0.717) is 5.56 Å². The van der Waals surface area contributed by atoms with Crippen LogP contribution < -0.4 is 5.73 Å². The van der Waals surface area contributed by atoms with Gasteiger partial charge in [-0.15, -0.1) is 0 Å². The SMILES string of the molecule is CCOC(=O)C(F)[C@@H](N)c1c(C)ccc(F)c1O. The van der Waals surface area contributed by atoms with E-state index in [1.54, 1.807) is 0 Å². The molecule has 1 rings (SSSR count). The Kier molecular flexibility index (Phi) is 4.61. The first-order valence-electron chi connectivity index (χ1n) is 5.44. The molecule has 0 amide bonds. The normalized spacial score (nSPS) is 14.1. The molecule has 100 valence electrons. The zero-order valence-corrected chi connectivity index (χ0v) is 10.1. The fraction of sp³-hybridized carbons (Fsp3) is 0.417. The predicted octanol–water partition coefficient (Wildman–Crippen LogP) is 1.74. The summed E-state index contributed by atoms with van der Waals surface area (Å²) in [5.41, 5.74) is 5.81. The fourth-order valence-corrected chi connectivity index (χ4v) is 1.62. The molecule has 0 radical (unpaired) electrons. The second kappa shape index (κ2) is 5.77. The van der Waals surface area contributed by atoms with Crippen molar-refractivity contribution in [1.29, 1.82) is 0 Å². The number of alkyl halides is 1. The van der Waals surface area contributed by atoms with Crippen molar-refractivity contribution in [1.82, 2.24) is 0 Å². The molecule has 0 fully saturated rings. The number of aryl methyl sites for hydroxylation is 1.